The molecule has 1 aromatic rings. The van der Waals surface area contributed by atoms with Crippen LogP contribution in [0.15, 0.2) is 18.2 Å². The molecule has 1 fully saturated rings. The summed E-state index contributed by atoms with van der Waals surface area (Å²) in [5, 5.41) is 17.0. The van der Waals surface area contributed by atoms with E-state index in [0.29, 0.717) is 0 Å². The molecule has 2 rings (SSSR count). The van der Waals surface area contributed by atoms with E-state index in [0.717, 1.165) is 37.1 Å². The summed E-state index contributed by atoms with van der Waals surface area (Å²) in [7, 11) is 3.27. The fourth-order valence-corrected chi connectivity index (χ4v) is 3.22. The van der Waals surface area contributed by atoms with Crippen molar-refractivity contribution in [2.45, 2.75) is 71.9 Å². The van der Waals surface area contributed by atoms with Crippen LogP contribution in [0.1, 0.15) is 58.4 Å². The highest BCUT2D eigenvalue weighted by atomic mass is 16.5. The summed E-state index contributed by atoms with van der Waals surface area (Å²) >= 11 is 0. The highest BCUT2D eigenvalue weighted by molar-refractivity contribution is 5.42. The number of benzene rings is 1. The second-order valence-corrected chi connectivity index (χ2v) is 6.84. The van der Waals surface area contributed by atoms with Gasteiger partial charge in [0.15, 0.2) is 11.5 Å². The van der Waals surface area contributed by atoms with Crippen LogP contribution in [0.2, 0.25) is 0 Å². The third-order valence-corrected chi connectivity index (χ3v) is 4.49. The summed E-state index contributed by atoms with van der Waals surface area (Å²) in [6.07, 6.45) is 6.02. The number of likely N-dealkylation sites (tertiary alicyclic amines) is 1. The summed E-state index contributed by atoms with van der Waals surface area (Å²) in [6, 6.07) is 6.56. The Balaban J connectivity index is 0.000000442. The number of β-amino-alcohol motifs (C(OH)–C–C–N with tert-alkyl or cyclic N) is 1. The molecule has 5 heteroatoms. The summed E-state index contributed by atoms with van der Waals surface area (Å²) in [4.78, 5) is 2.47. The number of methoxy groups -OCH3 is 2. The smallest absolute Gasteiger partial charge is 0.160 e. The van der Waals surface area contributed by atoms with Gasteiger partial charge in [-0.25, -0.2) is 0 Å². The van der Waals surface area contributed by atoms with E-state index < -0.39 is 0 Å². The van der Waals surface area contributed by atoms with E-state index in [1.165, 1.54) is 31.2 Å². The topological polar surface area (TPSA) is 62.2 Å². The number of hydrogen-bond acceptors (Lipinski definition) is 5. The fraction of sp³-hybridized carbons (Fsp3) is 0.727. The number of aryl methyl sites for hydroxylation is 1. The van der Waals surface area contributed by atoms with Gasteiger partial charge in [-0.1, -0.05) is 32.8 Å². The Morgan fingerprint density at radius 3 is 2.04 bits per heavy atom. The van der Waals surface area contributed by atoms with Gasteiger partial charge in [0.2, 0.25) is 0 Å². The molecule has 0 aromatic heterocycles. The van der Waals surface area contributed by atoms with E-state index in [9.17, 15) is 5.11 Å². The van der Waals surface area contributed by atoms with Gasteiger partial charge in [0.05, 0.1) is 20.3 Å². The average Bonchev–Trinajstić information content (AvgIpc) is 3.09. The van der Waals surface area contributed by atoms with Crippen LogP contribution in [-0.4, -0.2) is 61.2 Å². The van der Waals surface area contributed by atoms with E-state index >= 15 is 0 Å². The maximum Gasteiger partial charge on any atom is 0.160 e. The first kappa shape index (κ1) is 25.7. The standard InChI is InChI=1S/C11H23NO.C9H12O2.C2H6O/c1-3-5-10(6-4-2)12-8-7-11(13)9-12;1-7-4-5-8(10-2)9(6-7)11-3;1-2-3/h10-11,13H,3-9H2,1-2H3;4-6H,1-3H3;3H,2H2,1H3/t11-;;/m0../s1. The van der Waals surface area contributed by atoms with Crippen molar-refractivity contribution in [3.63, 3.8) is 0 Å². The summed E-state index contributed by atoms with van der Waals surface area (Å²) in [5.41, 5.74) is 1.17. The number of aliphatic hydroxyl groups excluding tert-OH is 2. The lowest BCUT2D eigenvalue weighted by atomic mass is 10.1. The monoisotopic (exact) mass is 383 g/mol. The third-order valence-electron chi connectivity index (χ3n) is 4.49. The average molecular weight is 384 g/mol. The number of hydrogen-bond donors (Lipinski definition) is 2. The predicted octanol–water partition coefficient (Wildman–Crippen LogP) is 4.03. The molecule has 27 heavy (non-hydrogen) atoms. The lowest BCUT2D eigenvalue weighted by Crippen LogP contribution is -2.33. The van der Waals surface area contributed by atoms with Crippen LogP contribution < -0.4 is 9.47 Å². The van der Waals surface area contributed by atoms with Crippen molar-refractivity contribution < 1.29 is 19.7 Å². The van der Waals surface area contributed by atoms with Crippen LogP contribution >= 0.6 is 0 Å². The Bertz CT molecular complexity index is 475. The Hall–Kier alpha value is -1.30. The Morgan fingerprint density at radius 2 is 1.63 bits per heavy atom. The predicted molar refractivity (Wildman–Crippen MR) is 113 cm³/mol. The van der Waals surface area contributed by atoms with E-state index in [4.69, 9.17) is 14.6 Å². The molecule has 0 unspecified atom stereocenters. The van der Waals surface area contributed by atoms with Crippen LogP contribution in [0, 0.1) is 6.92 Å². The van der Waals surface area contributed by atoms with E-state index in [2.05, 4.69) is 18.7 Å². The largest absolute Gasteiger partial charge is 0.493 e. The van der Waals surface area contributed by atoms with Crippen molar-refractivity contribution in [1.82, 2.24) is 4.90 Å². The SMILES string of the molecule is CCCC(CCC)N1CC[C@H](O)C1.CCO.COc1ccc(C)cc1OC. The molecule has 1 atom stereocenters. The molecule has 1 heterocycles. The zero-order valence-electron chi connectivity index (χ0n) is 18.2. The minimum atomic E-state index is -0.0591. The maximum absolute atomic E-state index is 9.44. The van der Waals surface area contributed by atoms with E-state index in [-0.39, 0.29) is 12.7 Å². The molecule has 0 amide bonds. The van der Waals surface area contributed by atoms with Gasteiger partial charge >= 0.3 is 0 Å². The molecular formula is C22H41NO4. The lowest BCUT2D eigenvalue weighted by molar-refractivity contribution is 0.151. The molecule has 1 aromatic carbocycles. The van der Waals surface area contributed by atoms with Crippen molar-refractivity contribution >= 4 is 0 Å². The Morgan fingerprint density at radius 1 is 1.07 bits per heavy atom. The first-order chi connectivity index (χ1) is 13.0. The molecule has 2 N–H and O–H groups in total. The second kappa shape index (κ2) is 15.7. The zero-order chi connectivity index (χ0) is 20.7. The highest BCUT2D eigenvalue weighted by Crippen LogP contribution is 2.26. The van der Waals surface area contributed by atoms with Crippen molar-refractivity contribution in [1.29, 1.82) is 0 Å². The number of aliphatic hydroxyl groups is 2. The molecule has 5 nitrogen and oxygen atoms in total. The second-order valence-electron chi connectivity index (χ2n) is 6.84. The van der Waals surface area contributed by atoms with Crippen LogP contribution in [0.5, 0.6) is 11.5 Å². The number of ether oxygens (including phenoxy) is 2. The van der Waals surface area contributed by atoms with Crippen molar-refractivity contribution in [2.75, 3.05) is 33.9 Å². The Labute approximate surface area is 166 Å². The molecule has 1 saturated heterocycles. The van der Waals surface area contributed by atoms with Gasteiger partial charge in [-0.05, 0) is 50.8 Å². The summed E-state index contributed by atoms with van der Waals surface area (Å²) < 4.78 is 10.2. The van der Waals surface area contributed by atoms with Gasteiger partial charge in [0.25, 0.3) is 0 Å². The minimum Gasteiger partial charge on any atom is -0.493 e. The molecule has 0 radical (unpaired) electrons. The molecule has 0 aliphatic carbocycles. The summed E-state index contributed by atoms with van der Waals surface area (Å²) in [6.45, 7) is 10.4. The van der Waals surface area contributed by atoms with Crippen LogP contribution in [0.4, 0.5) is 0 Å². The lowest BCUT2D eigenvalue weighted by Gasteiger charge is -2.26. The quantitative estimate of drug-likeness (QED) is 0.744. The van der Waals surface area contributed by atoms with Gasteiger partial charge in [-0.2, -0.15) is 0 Å². The van der Waals surface area contributed by atoms with Gasteiger partial charge in [-0.15, -0.1) is 0 Å². The molecule has 1 aliphatic rings. The molecule has 0 saturated carbocycles. The zero-order valence-corrected chi connectivity index (χ0v) is 18.2. The Kier molecular flexibility index (Phi) is 15.0. The molecule has 1 aliphatic heterocycles. The molecular weight excluding hydrogens is 342 g/mol. The molecule has 158 valence electrons. The first-order valence-corrected chi connectivity index (χ1v) is 10.2. The van der Waals surface area contributed by atoms with Gasteiger partial charge in [-0.3, -0.25) is 4.90 Å². The fourth-order valence-electron chi connectivity index (χ4n) is 3.22. The number of nitrogens with zero attached hydrogens (tertiary/aromatic N) is 1. The molecule has 0 spiro atoms. The first-order valence-electron chi connectivity index (χ1n) is 10.2. The molecule has 0 bridgehead atoms. The van der Waals surface area contributed by atoms with E-state index in [1.54, 1.807) is 21.1 Å². The third kappa shape index (κ3) is 10.6. The van der Waals surface area contributed by atoms with Crippen molar-refractivity contribution in [3.05, 3.63) is 23.8 Å². The summed E-state index contributed by atoms with van der Waals surface area (Å²) in [5.74, 6) is 1.56. The van der Waals surface area contributed by atoms with Crippen molar-refractivity contribution in [2.24, 2.45) is 0 Å². The van der Waals surface area contributed by atoms with Crippen LogP contribution in [0.25, 0.3) is 0 Å². The van der Waals surface area contributed by atoms with Gasteiger partial charge in [0.1, 0.15) is 0 Å². The highest BCUT2D eigenvalue weighted by Gasteiger charge is 2.25. The van der Waals surface area contributed by atoms with Crippen LogP contribution in [0.3, 0.4) is 0 Å². The normalized spacial score (nSPS) is 16.3. The van der Waals surface area contributed by atoms with Crippen molar-refractivity contribution in [3.8, 4) is 11.5 Å². The number of rotatable bonds is 7. The van der Waals surface area contributed by atoms with Crippen LogP contribution in [-0.2, 0) is 0 Å². The van der Waals surface area contributed by atoms with Gasteiger partial charge in [0, 0.05) is 25.7 Å². The van der Waals surface area contributed by atoms with Gasteiger partial charge < -0.3 is 19.7 Å². The maximum atomic E-state index is 9.44. The minimum absolute atomic E-state index is 0.0591. The van der Waals surface area contributed by atoms with E-state index in [1.807, 2.05) is 25.1 Å².